The van der Waals surface area contributed by atoms with E-state index in [1.165, 1.54) is 12.1 Å². The van der Waals surface area contributed by atoms with Crippen molar-refractivity contribution in [3.8, 4) is 6.07 Å². The van der Waals surface area contributed by atoms with Crippen LogP contribution in [0.5, 0.6) is 0 Å². The number of hydrogen-bond donors (Lipinski definition) is 1. The zero-order valence-corrected chi connectivity index (χ0v) is 12.3. The van der Waals surface area contributed by atoms with Crippen molar-refractivity contribution >= 4 is 39.1 Å². The van der Waals surface area contributed by atoms with Gasteiger partial charge in [0.05, 0.1) is 21.8 Å². The molecular weight excluding hydrogens is 347 g/mol. The highest BCUT2D eigenvalue weighted by atomic mass is 79.9. The Kier molecular flexibility index (Phi) is 4.38. The molecule has 0 saturated heterocycles. The first kappa shape index (κ1) is 14.5. The second-order valence-electron chi connectivity index (χ2n) is 3.85. The number of anilines is 1. The van der Waals surface area contributed by atoms with Crippen molar-refractivity contribution in [2.75, 3.05) is 5.32 Å². The van der Waals surface area contributed by atoms with Gasteiger partial charge in [0.15, 0.2) is 0 Å². The Labute approximate surface area is 128 Å². The SMILES string of the molecule is N#Cc1cc(Br)ccc1NC(=O)c1c(F)cccc1Cl. The van der Waals surface area contributed by atoms with E-state index in [1.54, 1.807) is 18.2 Å². The molecule has 0 atom stereocenters. The Bertz CT molecular complexity index is 707. The standard InChI is InChI=1S/C14H7BrClFN2O/c15-9-4-5-12(8(6-9)7-18)19-14(20)13-10(16)2-1-3-11(13)17/h1-6H,(H,19,20). The Hall–Kier alpha value is -1.90. The summed E-state index contributed by atoms with van der Waals surface area (Å²) in [6.45, 7) is 0. The minimum atomic E-state index is -0.717. The summed E-state index contributed by atoms with van der Waals surface area (Å²) in [7, 11) is 0. The number of benzene rings is 2. The molecule has 0 aromatic heterocycles. The molecule has 0 unspecified atom stereocenters. The fourth-order valence-electron chi connectivity index (χ4n) is 1.62. The fourth-order valence-corrected chi connectivity index (χ4v) is 2.23. The second-order valence-corrected chi connectivity index (χ2v) is 5.18. The molecule has 20 heavy (non-hydrogen) atoms. The fraction of sp³-hybridized carbons (Fsp3) is 0. The number of halogens is 3. The molecular formula is C14H7BrClFN2O. The van der Waals surface area contributed by atoms with Crippen molar-refractivity contribution in [2.45, 2.75) is 0 Å². The van der Waals surface area contributed by atoms with E-state index in [1.807, 2.05) is 6.07 Å². The van der Waals surface area contributed by atoms with E-state index in [0.717, 1.165) is 6.07 Å². The molecule has 3 nitrogen and oxygen atoms in total. The highest BCUT2D eigenvalue weighted by Gasteiger charge is 2.17. The predicted molar refractivity (Wildman–Crippen MR) is 78.2 cm³/mol. The molecule has 0 aliphatic carbocycles. The number of carbonyl (C=O) groups excluding carboxylic acids is 1. The van der Waals surface area contributed by atoms with Crippen LogP contribution in [0.1, 0.15) is 15.9 Å². The van der Waals surface area contributed by atoms with Gasteiger partial charge in [-0.05, 0) is 30.3 Å². The molecule has 0 fully saturated rings. The van der Waals surface area contributed by atoms with E-state index in [-0.39, 0.29) is 16.1 Å². The minimum absolute atomic E-state index is 0.0121. The molecule has 0 radical (unpaired) electrons. The number of carbonyl (C=O) groups is 1. The van der Waals surface area contributed by atoms with Gasteiger partial charge in [-0.15, -0.1) is 0 Å². The summed E-state index contributed by atoms with van der Waals surface area (Å²) in [5.74, 6) is -1.42. The first-order valence-corrected chi connectivity index (χ1v) is 6.65. The molecule has 2 aromatic rings. The number of nitrogens with zero attached hydrogens (tertiary/aromatic N) is 1. The van der Waals surface area contributed by atoms with Gasteiger partial charge < -0.3 is 5.32 Å². The number of nitriles is 1. The molecule has 100 valence electrons. The summed E-state index contributed by atoms with van der Waals surface area (Å²) in [5, 5.41) is 11.5. The predicted octanol–water partition coefficient (Wildman–Crippen LogP) is 4.37. The van der Waals surface area contributed by atoms with Crippen molar-refractivity contribution < 1.29 is 9.18 Å². The van der Waals surface area contributed by atoms with E-state index in [9.17, 15) is 9.18 Å². The lowest BCUT2D eigenvalue weighted by Gasteiger charge is -2.09. The van der Waals surface area contributed by atoms with Gasteiger partial charge in [-0.3, -0.25) is 4.79 Å². The third-order valence-corrected chi connectivity index (χ3v) is 3.35. The van der Waals surface area contributed by atoms with Crippen molar-refractivity contribution in [1.29, 1.82) is 5.26 Å². The third-order valence-electron chi connectivity index (χ3n) is 2.54. The summed E-state index contributed by atoms with van der Waals surface area (Å²) in [5.41, 5.74) is 0.307. The van der Waals surface area contributed by atoms with E-state index < -0.39 is 11.7 Å². The summed E-state index contributed by atoms with van der Waals surface area (Å²) in [6.07, 6.45) is 0. The summed E-state index contributed by atoms with van der Waals surface area (Å²) >= 11 is 9.04. The highest BCUT2D eigenvalue weighted by molar-refractivity contribution is 9.10. The van der Waals surface area contributed by atoms with Crippen LogP contribution in [0.15, 0.2) is 40.9 Å². The Balaban J connectivity index is 2.36. The zero-order chi connectivity index (χ0) is 14.7. The van der Waals surface area contributed by atoms with Crippen LogP contribution in [0.25, 0.3) is 0 Å². The normalized spacial score (nSPS) is 9.90. The van der Waals surface area contributed by atoms with Gasteiger partial charge in [-0.1, -0.05) is 33.6 Å². The smallest absolute Gasteiger partial charge is 0.260 e. The molecule has 0 saturated carbocycles. The van der Waals surface area contributed by atoms with E-state index in [4.69, 9.17) is 16.9 Å². The van der Waals surface area contributed by atoms with E-state index >= 15 is 0 Å². The van der Waals surface area contributed by atoms with Crippen LogP contribution >= 0.6 is 27.5 Å². The molecule has 1 N–H and O–H groups in total. The van der Waals surface area contributed by atoms with Crippen molar-refractivity contribution in [3.63, 3.8) is 0 Å². The molecule has 0 aliphatic rings. The molecule has 6 heteroatoms. The van der Waals surface area contributed by atoms with Gasteiger partial charge in [0.25, 0.3) is 5.91 Å². The average molecular weight is 354 g/mol. The van der Waals surface area contributed by atoms with Crippen LogP contribution in [-0.4, -0.2) is 5.91 Å². The van der Waals surface area contributed by atoms with Crippen LogP contribution in [-0.2, 0) is 0 Å². The Morgan fingerprint density at radius 1 is 1.35 bits per heavy atom. The maximum atomic E-state index is 13.6. The number of amides is 1. The average Bonchev–Trinajstić information content (AvgIpc) is 2.40. The lowest BCUT2D eigenvalue weighted by atomic mass is 10.1. The van der Waals surface area contributed by atoms with Gasteiger partial charge in [0.2, 0.25) is 0 Å². The number of hydrogen-bond acceptors (Lipinski definition) is 2. The molecule has 0 bridgehead atoms. The summed E-state index contributed by atoms with van der Waals surface area (Å²) < 4.78 is 14.3. The van der Waals surface area contributed by atoms with Crippen LogP contribution in [0.4, 0.5) is 10.1 Å². The molecule has 2 rings (SSSR count). The van der Waals surface area contributed by atoms with E-state index in [2.05, 4.69) is 21.2 Å². The van der Waals surface area contributed by atoms with Gasteiger partial charge in [0.1, 0.15) is 11.9 Å². The van der Waals surface area contributed by atoms with Crippen molar-refractivity contribution in [1.82, 2.24) is 0 Å². The van der Waals surface area contributed by atoms with E-state index in [0.29, 0.717) is 10.2 Å². The molecule has 0 aliphatic heterocycles. The maximum Gasteiger partial charge on any atom is 0.260 e. The Morgan fingerprint density at radius 2 is 2.10 bits per heavy atom. The van der Waals surface area contributed by atoms with Crippen LogP contribution in [0.3, 0.4) is 0 Å². The van der Waals surface area contributed by atoms with Crippen molar-refractivity contribution in [3.05, 3.63) is 62.8 Å². The third kappa shape index (κ3) is 2.98. The highest BCUT2D eigenvalue weighted by Crippen LogP contribution is 2.23. The van der Waals surface area contributed by atoms with Crippen LogP contribution in [0.2, 0.25) is 5.02 Å². The molecule has 1 amide bonds. The van der Waals surface area contributed by atoms with Crippen LogP contribution in [0, 0.1) is 17.1 Å². The largest absolute Gasteiger partial charge is 0.321 e. The van der Waals surface area contributed by atoms with Crippen molar-refractivity contribution in [2.24, 2.45) is 0 Å². The number of nitrogens with one attached hydrogen (secondary N) is 1. The summed E-state index contributed by atoms with van der Waals surface area (Å²) in [6, 6.07) is 10.7. The lowest BCUT2D eigenvalue weighted by molar-refractivity contribution is 0.102. The topological polar surface area (TPSA) is 52.9 Å². The zero-order valence-electron chi connectivity index (χ0n) is 9.95. The quantitative estimate of drug-likeness (QED) is 0.872. The van der Waals surface area contributed by atoms with Crippen LogP contribution < -0.4 is 5.32 Å². The number of rotatable bonds is 2. The Morgan fingerprint density at radius 3 is 2.75 bits per heavy atom. The summed E-state index contributed by atoms with van der Waals surface area (Å²) in [4.78, 5) is 12.1. The monoisotopic (exact) mass is 352 g/mol. The minimum Gasteiger partial charge on any atom is -0.321 e. The van der Waals surface area contributed by atoms with Gasteiger partial charge >= 0.3 is 0 Å². The van der Waals surface area contributed by atoms with Gasteiger partial charge in [-0.2, -0.15) is 5.26 Å². The van der Waals surface area contributed by atoms with Gasteiger partial charge in [-0.25, -0.2) is 4.39 Å². The first-order chi connectivity index (χ1) is 9.52. The van der Waals surface area contributed by atoms with Gasteiger partial charge in [0, 0.05) is 4.47 Å². The first-order valence-electron chi connectivity index (χ1n) is 5.48. The molecule has 0 spiro atoms. The molecule has 2 aromatic carbocycles. The molecule has 0 heterocycles. The second kappa shape index (κ2) is 6.04. The lowest BCUT2D eigenvalue weighted by Crippen LogP contribution is -2.15. The maximum absolute atomic E-state index is 13.6.